The number of nitrogens with zero attached hydrogens (tertiary/aromatic N) is 4. The standard InChI is InChI=1S/C22H30F2N4O.C6H9N3.C2H6/c1-16-2-4-19(5-3-16)28-21(25-15-29)14-20(26-28)17-8-12-27(13-9-17)18-6-10-22(23,24)11-7-18;1-2-6-8-4-3-5-9(6)7;1-2/h2-5,14-15,17-18,20,26H,6-13H2,1H3,(H,25,29);2-5H,7H2,1H3;1-2H3/b;6-2-;. The zero-order valence-corrected chi connectivity index (χ0v) is 24.2. The number of carbonyl (C=O) groups is 1. The number of amides is 1. The largest absolute Gasteiger partial charge is 0.314 e. The molecule has 1 saturated carbocycles. The Hall–Kier alpha value is -3.08. The first-order chi connectivity index (χ1) is 19.3. The molecule has 1 aromatic rings. The smallest absolute Gasteiger partial charge is 0.248 e. The predicted molar refractivity (Wildman–Crippen MR) is 158 cm³/mol. The highest BCUT2D eigenvalue weighted by Gasteiger charge is 2.39. The Morgan fingerprint density at radius 2 is 1.75 bits per heavy atom. The van der Waals surface area contributed by atoms with Gasteiger partial charge in [0.2, 0.25) is 12.3 Å². The van der Waals surface area contributed by atoms with E-state index in [2.05, 4.69) is 38.8 Å². The van der Waals surface area contributed by atoms with Gasteiger partial charge in [-0.2, -0.15) is 0 Å². The summed E-state index contributed by atoms with van der Waals surface area (Å²) in [6.45, 7) is 9.85. The zero-order valence-electron chi connectivity index (χ0n) is 24.2. The molecular weight excluding hydrogens is 512 g/mol. The third-order valence-electron chi connectivity index (χ3n) is 7.70. The third kappa shape index (κ3) is 8.46. The summed E-state index contributed by atoms with van der Waals surface area (Å²) < 4.78 is 26.9. The van der Waals surface area contributed by atoms with Crippen LogP contribution in [0.25, 0.3) is 0 Å². The second-order valence-corrected chi connectivity index (χ2v) is 10.3. The summed E-state index contributed by atoms with van der Waals surface area (Å²) in [7, 11) is 0. The van der Waals surface area contributed by atoms with E-state index >= 15 is 0 Å². The van der Waals surface area contributed by atoms with Crippen LogP contribution in [-0.4, -0.2) is 53.6 Å². The number of anilines is 1. The Bertz CT molecular complexity index is 1050. The molecule has 1 aromatic carbocycles. The molecule has 0 aromatic heterocycles. The lowest BCUT2D eigenvalue weighted by atomic mass is 9.86. The van der Waals surface area contributed by atoms with Crippen molar-refractivity contribution in [2.45, 2.75) is 84.2 Å². The molecule has 1 amide bonds. The Labute approximate surface area is 237 Å². The first-order valence-corrected chi connectivity index (χ1v) is 14.4. The number of hydrogen-bond donors (Lipinski definition) is 3. The quantitative estimate of drug-likeness (QED) is 0.340. The molecule has 2 fully saturated rings. The highest BCUT2D eigenvalue weighted by atomic mass is 19.3. The minimum Gasteiger partial charge on any atom is -0.314 e. The van der Waals surface area contributed by atoms with E-state index in [9.17, 15) is 13.6 Å². The maximum absolute atomic E-state index is 13.4. The van der Waals surface area contributed by atoms with Gasteiger partial charge in [0.1, 0.15) is 11.6 Å². The number of nitrogens with two attached hydrogens (primary N) is 1. The van der Waals surface area contributed by atoms with E-state index in [1.54, 1.807) is 18.5 Å². The van der Waals surface area contributed by atoms with Crippen molar-refractivity contribution < 1.29 is 13.6 Å². The monoisotopic (exact) mass is 557 g/mol. The number of aliphatic imine (C=N–C) groups is 1. The first-order valence-electron chi connectivity index (χ1n) is 14.4. The molecule has 3 heterocycles. The maximum Gasteiger partial charge on any atom is 0.248 e. The molecule has 220 valence electrons. The number of nitrogens with one attached hydrogen (secondary N) is 2. The average Bonchev–Trinajstić information content (AvgIpc) is 3.39. The summed E-state index contributed by atoms with van der Waals surface area (Å²) in [6.07, 6.45) is 13.2. The van der Waals surface area contributed by atoms with Gasteiger partial charge >= 0.3 is 0 Å². The van der Waals surface area contributed by atoms with Crippen LogP contribution in [-0.2, 0) is 4.79 Å². The fraction of sp³-hybridized carbons (Fsp3) is 0.533. The van der Waals surface area contributed by atoms with Crippen LogP contribution in [0.5, 0.6) is 0 Å². The SMILES string of the molecule is C/C=C1/N=CC=CN1N.CC.Cc1ccc(N2NC(C3CCN(C4CCC(F)(F)CC4)CC3)C=C2NC=O)cc1. The van der Waals surface area contributed by atoms with Gasteiger partial charge in [-0.05, 0) is 88.9 Å². The van der Waals surface area contributed by atoms with Gasteiger partial charge in [-0.1, -0.05) is 31.5 Å². The first kappa shape index (κ1) is 31.4. The van der Waals surface area contributed by atoms with Crippen molar-refractivity contribution in [3.05, 3.63) is 65.9 Å². The molecule has 1 saturated heterocycles. The lowest BCUT2D eigenvalue weighted by Gasteiger charge is -2.41. The fourth-order valence-corrected chi connectivity index (χ4v) is 5.47. The van der Waals surface area contributed by atoms with E-state index in [0.717, 1.165) is 43.3 Å². The van der Waals surface area contributed by atoms with Crippen molar-refractivity contribution >= 4 is 18.3 Å². The number of benzene rings is 1. The van der Waals surface area contributed by atoms with Crippen molar-refractivity contribution in [2.75, 3.05) is 18.1 Å². The van der Waals surface area contributed by atoms with Crippen molar-refractivity contribution in [1.29, 1.82) is 0 Å². The molecule has 1 atom stereocenters. The number of carbonyl (C=O) groups excluding carboxylic acids is 1. The van der Waals surface area contributed by atoms with E-state index in [0.29, 0.717) is 31.2 Å². The number of hydrazine groups is 2. The normalized spacial score (nSPS) is 24.1. The van der Waals surface area contributed by atoms with Crippen LogP contribution >= 0.6 is 0 Å². The van der Waals surface area contributed by atoms with Crippen molar-refractivity contribution in [3.63, 3.8) is 0 Å². The lowest BCUT2D eigenvalue weighted by Crippen LogP contribution is -2.49. The molecule has 4 aliphatic rings. The number of likely N-dealkylation sites (tertiary alicyclic amines) is 1. The van der Waals surface area contributed by atoms with Gasteiger partial charge < -0.3 is 10.2 Å². The number of piperidine rings is 1. The second kappa shape index (κ2) is 15.1. The van der Waals surface area contributed by atoms with Crippen LogP contribution in [0.4, 0.5) is 14.5 Å². The molecule has 0 spiro atoms. The molecular formula is C30H45F2N7O. The fourth-order valence-electron chi connectivity index (χ4n) is 5.47. The molecule has 5 rings (SSSR count). The van der Waals surface area contributed by atoms with Gasteiger partial charge in [0, 0.05) is 31.3 Å². The van der Waals surface area contributed by atoms with E-state index in [4.69, 9.17) is 5.84 Å². The van der Waals surface area contributed by atoms with Crippen LogP contribution in [0.15, 0.2) is 65.3 Å². The van der Waals surface area contributed by atoms with Crippen LogP contribution in [0, 0.1) is 12.8 Å². The molecule has 1 aliphatic carbocycles. The molecule has 10 heteroatoms. The number of hydrogen-bond acceptors (Lipinski definition) is 7. The summed E-state index contributed by atoms with van der Waals surface area (Å²) in [5.41, 5.74) is 5.71. The Balaban J connectivity index is 0.000000339. The molecule has 4 N–H and O–H groups in total. The Kier molecular flexibility index (Phi) is 11.8. The maximum atomic E-state index is 13.4. The third-order valence-corrected chi connectivity index (χ3v) is 7.70. The van der Waals surface area contributed by atoms with Gasteiger partial charge in [0.05, 0.1) is 11.7 Å². The molecule has 3 aliphatic heterocycles. The highest BCUT2D eigenvalue weighted by Crippen LogP contribution is 2.37. The highest BCUT2D eigenvalue weighted by molar-refractivity contribution is 5.73. The van der Waals surface area contributed by atoms with Gasteiger partial charge in [0.15, 0.2) is 0 Å². The summed E-state index contributed by atoms with van der Waals surface area (Å²) in [6, 6.07) is 8.62. The number of alkyl halides is 2. The number of rotatable bonds is 5. The number of aryl methyl sites for hydroxylation is 1. The summed E-state index contributed by atoms with van der Waals surface area (Å²) in [4.78, 5) is 17.5. The molecule has 40 heavy (non-hydrogen) atoms. The molecule has 0 bridgehead atoms. The average molecular weight is 558 g/mol. The van der Waals surface area contributed by atoms with Gasteiger partial charge in [-0.3, -0.25) is 14.8 Å². The van der Waals surface area contributed by atoms with E-state index < -0.39 is 5.92 Å². The van der Waals surface area contributed by atoms with Gasteiger partial charge in [-0.25, -0.2) is 25.0 Å². The van der Waals surface area contributed by atoms with Gasteiger partial charge in [0.25, 0.3) is 0 Å². The Morgan fingerprint density at radius 1 is 1.10 bits per heavy atom. The van der Waals surface area contributed by atoms with Crippen molar-refractivity contribution in [3.8, 4) is 0 Å². The lowest BCUT2D eigenvalue weighted by molar-refractivity contribution is -0.109. The van der Waals surface area contributed by atoms with Crippen LogP contribution < -0.4 is 21.6 Å². The molecule has 0 radical (unpaired) electrons. The van der Waals surface area contributed by atoms with E-state index in [1.807, 2.05) is 50.9 Å². The zero-order chi connectivity index (χ0) is 29.1. The number of allylic oxidation sites excluding steroid dienone is 2. The second-order valence-electron chi connectivity index (χ2n) is 10.3. The minimum absolute atomic E-state index is 0.0246. The molecule has 8 nitrogen and oxygen atoms in total. The summed E-state index contributed by atoms with van der Waals surface area (Å²) in [5.74, 6) is 4.98. The Morgan fingerprint density at radius 3 is 2.30 bits per heavy atom. The summed E-state index contributed by atoms with van der Waals surface area (Å²) in [5, 5.41) is 6.22. The van der Waals surface area contributed by atoms with Crippen LogP contribution in [0.2, 0.25) is 0 Å². The van der Waals surface area contributed by atoms with Crippen molar-refractivity contribution in [1.82, 2.24) is 20.7 Å². The summed E-state index contributed by atoms with van der Waals surface area (Å²) >= 11 is 0. The van der Waals surface area contributed by atoms with Gasteiger partial charge in [-0.15, -0.1) is 0 Å². The van der Waals surface area contributed by atoms with Crippen molar-refractivity contribution in [2.24, 2.45) is 16.8 Å². The predicted octanol–water partition coefficient (Wildman–Crippen LogP) is 5.21. The van der Waals surface area contributed by atoms with Crippen LogP contribution in [0.3, 0.4) is 0 Å². The van der Waals surface area contributed by atoms with Crippen LogP contribution in [0.1, 0.15) is 64.9 Å². The van der Waals surface area contributed by atoms with E-state index in [1.165, 1.54) is 10.6 Å². The minimum atomic E-state index is -2.46. The molecule has 1 unspecified atom stereocenters. The topological polar surface area (TPSA) is 89.2 Å². The number of halogens is 2. The van der Waals surface area contributed by atoms with E-state index in [-0.39, 0.29) is 18.9 Å².